The maximum Gasteiger partial charge on any atom is 0.269 e. The van der Waals surface area contributed by atoms with Gasteiger partial charge in [0.25, 0.3) is 5.69 Å². The van der Waals surface area contributed by atoms with E-state index in [1.54, 1.807) is 12.1 Å². The Labute approximate surface area is 171 Å². The molecule has 1 aliphatic heterocycles. The smallest absolute Gasteiger partial charge is 0.269 e. The summed E-state index contributed by atoms with van der Waals surface area (Å²) in [4.78, 5) is 13.0. The molecule has 0 radical (unpaired) electrons. The Hall–Kier alpha value is -2.70. The summed E-state index contributed by atoms with van der Waals surface area (Å²) in [5.74, 6) is 0. The van der Waals surface area contributed by atoms with Gasteiger partial charge in [-0.2, -0.15) is 0 Å². The third-order valence-electron chi connectivity index (χ3n) is 5.78. The van der Waals surface area contributed by atoms with Gasteiger partial charge in [0, 0.05) is 48.9 Å². The van der Waals surface area contributed by atoms with Gasteiger partial charge in [-0.3, -0.25) is 10.1 Å². The predicted molar refractivity (Wildman–Crippen MR) is 116 cm³/mol. The van der Waals surface area contributed by atoms with Crippen LogP contribution in [0.5, 0.6) is 0 Å². The highest BCUT2D eigenvalue weighted by Gasteiger charge is 2.15. The van der Waals surface area contributed by atoms with Crippen molar-refractivity contribution >= 4 is 16.5 Å². The summed E-state index contributed by atoms with van der Waals surface area (Å²) in [6.07, 6.45) is 5.30. The van der Waals surface area contributed by atoms with Crippen LogP contribution in [-0.4, -0.2) is 41.1 Å². The molecule has 0 spiro atoms. The Bertz CT molecular complexity index is 994. The minimum Gasteiger partial charge on any atom is -0.350 e. The Morgan fingerprint density at radius 1 is 1.07 bits per heavy atom. The van der Waals surface area contributed by atoms with E-state index in [2.05, 4.69) is 46.2 Å². The summed E-state index contributed by atoms with van der Waals surface area (Å²) >= 11 is 0. The van der Waals surface area contributed by atoms with Crippen LogP contribution >= 0.6 is 0 Å². The van der Waals surface area contributed by atoms with Crippen molar-refractivity contribution in [3.63, 3.8) is 0 Å². The second-order valence-electron chi connectivity index (χ2n) is 7.94. The van der Waals surface area contributed by atoms with Crippen molar-refractivity contribution < 1.29 is 4.92 Å². The van der Waals surface area contributed by atoms with E-state index in [1.807, 2.05) is 12.1 Å². The van der Waals surface area contributed by atoms with Crippen LogP contribution in [-0.2, 0) is 19.5 Å². The van der Waals surface area contributed by atoms with Gasteiger partial charge in [0.05, 0.1) is 4.92 Å². The fourth-order valence-electron chi connectivity index (χ4n) is 4.25. The van der Waals surface area contributed by atoms with Crippen molar-refractivity contribution in [1.29, 1.82) is 0 Å². The Morgan fingerprint density at radius 2 is 1.86 bits per heavy atom. The Kier molecular flexibility index (Phi) is 5.92. The first kappa shape index (κ1) is 19.6. The number of hydrogen-bond donors (Lipinski definition) is 1. The van der Waals surface area contributed by atoms with Crippen LogP contribution in [0, 0.1) is 10.1 Å². The number of aryl methyl sites for hydroxylation is 1. The number of hydrogen-bond acceptors (Lipinski definition) is 4. The summed E-state index contributed by atoms with van der Waals surface area (Å²) in [6.45, 7) is 5.05. The highest BCUT2D eigenvalue weighted by atomic mass is 16.6. The first-order valence-corrected chi connectivity index (χ1v) is 10.3. The van der Waals surface area contributed by atoms with Gasteiger partial charge in [0.2, 0.25) is 0 Å². The van der Waals surface area contributed by atoms with E-state index in [0.717, 1.165) is 57.5 Å². The van der Waals surface area contributed by atoms with E-state index in [4.69, 9.17) is 0 Å². The molecule has 29 heavy (non-hydrogen) atoms. The molecule has 0 fully saturated rings. The van der Waals surface area contributed by atoms with Crippen LogP contribution in [0.1, 0.15) is 29.7 Å². The first-order valence-electron chi connectivity index (χ1n) is 10.3. The molecule has 0 unspecified atom stereocenters. The van der Waals surface area contributed by atoms with Crippen molar-refractivity contribution in [2.75, 3.05) is 26.7 Å². The molecule has 2 bridgehead atoms. The van der Waals surface area contributed by atoms with E-state index in [-0.39, 0.29) is 10.6 Å². The van der Waals surface area contributed by atoms with Crippen molar-refractivity contribution in [3.05, 3.63) is 75.6 Å². The molecule has 1 aliphatic rings. The lowest BCUT2D eigenvalue weighted by molar-refractivity contribution is -0.384. The molecule has 2 aromatic carbocycles. The lowest BCUT2D eigenvalue weighted by atomic mass is 10.0. The quantitative estimate of drug-likeness (QED) is 0.541. The zero-order valence-electron chi connectivity index (χ0n) is 16.9. The Balaban J connectivity index is 1.72. The van der Waals surface area contributed by atoms with Gasteiger partial charge in [-0.05, 0) is 56.0 Å². The molecule has 6 heteroatoms. The number of nitro groups is 1. The highest BCUT2D eigenvalue weighted by Crippen LogP contribution is 2.28. The number of benzene rings is 2. The van der Waals surface area contributed by atoms with Crippen LogP contribution in [0.3, 0.4) is 0 Å². The largest absolute Gasteiger partial charge is 0.350 e. The van der Waals surface area contributed by atoms with Gasteiger partial charge < -0.3 is 14.8 Å². The molecule has 0 saturated carbocycles. The molecule has 2 heterocycles. The molecular weight excluding hydrogens is 364 g/mol. The summed E-state index contributed by atoms with van der Waals surface area (Å²) in [5, 5.41) is 17.2. The van der Waals surface area contributed by atoms with Crippen molar-refractivity contribution in [1.82, 2.24) is 14.8 Å². The van der Waals surface area contributed by atoms with E-state index < -0.39 is 0 Å². The van der Waals surface area contributed by atoms with E-state index in [9.17, 15) is 10.1 Å². The molecule has 3 aromatic rings. The molecule has 0 saturated heterocycles. The van der Waals surface area contributed by atoms with Crippen molar-refractivity contribution in [2.24, 2.45) is 0 Å². The number of rotatable bonds is 3. The molecule has 152 valence electrons. The lowest BCUT2D eigenvalue weighted by Crippen LogP contribution is -2.25. The number of nitro benzene ring substituents is 1. The maximum absolute atomic E-state index is 11.0. The second kappa shape index (κ2) is 8.76. The minimum absolute atomic E-state index is 0.139. The van der Waals surface area contributed by atoms with Gasteiger partial charge in [-0.1, -0.05) is 30.3 Å². The zero-order valence-corrected chi connectivity index (χ0v) is 16.9. The van der Waals surface area contributed by atoms with Gasteiger partial charge >= 0.3 is 0 Å². The number of nitrogens with one attached hydrogen (secondary N) is 1. The van der Waals surface area contributed by atoms with Crippen LogP contribution in [0.15, 0.2) is 48.7 Å². The SMILES string of the molecule is CN1CCCNCc2cccc3cn(c(Cc4ccc([N+](=O)[O-])cc4)c23)CCC1. The zero-order chi connectivity index (χ0) is 20.2. The second-order valence-corrected chi connectivity index (χ2v) is 7.94. The van der Waals surface area contributed by atoms with Crippen LogP contribution in [0.25, 0.3) is 10.8 Å². The number of aromatic nitrogens is 1. The maximum atomic E-state index is 11.0. The van der Waals surface area contributed by atoms with E-state index in [1.165, 1.54) is 22.0 Å². The van der Waals surface area contributed by atoms with Crippen molar-refractivity contribution in [3.8, 4) is 0 Å². The Morgan fingerprint density at radius 3 is 2.66 bits per heavy atom. The molecule has 1 aromatic heterocycles. The van der Waals surface area contributed by atoms with Gasteiger partial charge in [0.1, 0.15) is 0 Å². The summed E-state index contributed by atoms with van der Waals surface area (Å²) in [6, 6.07) is 13.5. The molecule has 0 amide bonds. The fraction of sp³-hybridized carbons (Fsp3) is 0.391. The standard InChI is InChI=1S/C23H28N4O2/c1-25-12-3-11-24-16-19-5-2-6-20-17-26(14-4-13-25)22(23(19)20)15-18-7-9-21(10-8-18)27(28)29/h2,5-10,17,24H,3-4,11-16H2,1H3. The fourth-order valence-corrected chi connectivity index (χ4v) is 4.25. The molecule has 0 atom stereocenters. The van der Waals surface area contributed by atoms with Crippen LogP contribution < -0.4 is 5.32 Å². The minimum atomic E-state index is -0.344. The normalized spacial score (nSPS) is 16.3. The topological polar surface area (TPSA) is 63.3 Å². The summed E-state index contributed by atoms with van der Waals surface area (Å²) < 4.78 is 2.39. The van der Waals surface area contributed by atoms with Gasteiger partial charge in [-0.25, -0.2) is 0 Å². The third-order valence-corrected chi connectivity index (χ3v) is 5.78. The van der Waals surface area contributed by atoms with Crippen LogP contribution in [0.4, 0.5) is 5.69 Å². The first-order chi connectivity index (χ1) is 14.1. The van der Waals surface area contributed by atoms with E-state index in [0.29, 0.717) is 0 Å². The molecule has 0 aliphatic carbocycles. The average Bonchev–Trinajstić information content (AvgIpc) is 3.06. The number of fused-ring (bicyclic) bond motifs is 1. The van der Waals surface area contributed by atoms with Gasteiger partial charge in [-0.15, -0.1) is 0 Å². The van der Waals surface area contributed by atoms with E-state index >= 15 is 0 Å². The van der Waals surface area contributed by atoms with Crippen molar-refractivity contribution in [2.45, 2.75) is 32.4 Å². The van der Waals surface area contributed by atoms with Crippen LogP contribution in [0.2, 0.25) is 0 Å². The summed E-state index contributed by atoms with van der Waals surface area (Å²) in [7, 11) is 2.20. The molecule has 6 nitrogen and oxygen atoms in total. The predicted octanol–water partition coefficient (Wildman–Crippen LogP) is 3.96. The molecular formula is C23H28N4O2. The highest BCUT2D eigenvalue weighted by molar-refractivity contribution is 5.89. The average molecular weight is 393 g/mol. The number of nitrogens with zero attached hydrogens (tertiary/aromatic N) is 3. The molecule has 1 N–H and O–H groups in total. The third kappa shape index (κ3) is 4.49. The lowest BCUT2D eigenvalue weighted by Gasteiger charge is -2.17. The number of non-ortho nitro benzene ring substituents is 1. The van der Waals surface area contributed by atoms with Gasteiger partial charge in [0.15, 0.2) is 0 Å². The molecule has 4 rings (SSSR count). The monoisotopic (exact) mass is 392 g/mol. The summed E-state index contributed by atoms with van der Waals surface area (Å²) in [5.41, 5.74) is 3.86.